The minimum absolute atomic E-state index is 0.113. The molecule has 0 fully saturated rings. The fourth-order valence-electron chi connectivity index (χ4n) is 3.27. The molecule has 1 aromatic carbocycles. The zero-order valence-electron chi connectivity index (χ0n) is 16.9. The number of thioether (sulfide) groups is 1. The second kappa shape index (κ2) is 9.06. The Balaban J connectivity index is 1.36. The van der Waals surface area contributed by atoms with Gasteiger partial charge in [0.1, 0.15) is 6.26 Å². The van der Waals surface area contributed by atoms with Gasteiger partial charge in [0.05, 0.1) is 30.5 Å². The number of carbonyl (C=O) groups excluding carboxylic acids is 2. The molecule has 0 saturated carbocycles. The van der Waals surface area contributed by atoms with Crippen LogP contribution < -0.4 is 5.32 Å². The molecule has 0 bridgehead atoms. The number of anilines is 1. The number of rotatable bonds is 6. The molecule has 2 aromatic heterocycles. The molecule has 0 saturated heterocycles. The fraction of sp³-hybridized carbons (Fsp3) is 0.318. The number of aromatic nitrogens is 1. The summed E-state index contributed by atoms with van der Waals surface area (Å²) in [5, 5.41) is 3.90. The summed E-state index contributed by atoms with van der Waals surface area (Å²) in [5.74, 6) is -0.135. The Morgan fingerprint density at radius 2 is 2.07 bits per heavy atom. The number of nitrogens with zero attached hydrogens (tertiary/aromatic N) is 2. The summed E-state index contributed by atoms with van der Waals surface area (Å²) < 4.78 is 4.94. The van der Waals surface area contributed by atoms with E-state index in [0.717, 1.165) is 16.1 Å². The highest BCUT2D eigenvalue weighted by Crippen LogP contribution is 2.29. The molecule has 0 atom stereocenters. The van der Waals surface area contributed by atoms with Gasteiger partial charge in [0.2, 0.25) is 5.91 Å². The van der Waals surface area contributed by atoms with Crippen LogP contribution in [0.1, 0.15) is 40.3 Å². The smallest absolute Gasteiger partial charge is 0.260 e. The highest BCUT2D eigenvalue weighted by atomic mass is 32.2. The first-order chi connectivity index (χ1) is 14.5. The number of hydrogen-bond acceptors (Lipinski definition) is 6. The number of fused-ring (bicyclic) bond motifs is 1. The topological polar surface area (TPSA) is 75.4 Å². The van der Waals surface area contributed by atoms with Gasteiger partial charge in [-0.05, 0) is 23.8 Å². The van der Waals surface area contributed by atoms with Gasteiger partial charge in [-0.3, -0.25) is 14.9 Å². The van der Waals surface area contributed by atoms with E-state index in [1.54, 1.807) is 6.07 Å². The molecule has 0 spiro atoms. The molecule has 3 heterocycles. The van der Waals surface area contributed by atoms with Crippen LogP contribution >= 0.6 is 23.1 Å². The molecule has 156 valence electrons. The van der Waals surface area contributed by atoms with Crippen molar-refractivity contribution in [3.63, 3.8) is 0 Å². The Hall–Kier alpha value is -2.58. The number of thiazole rings is 1. The monoisotopic (exact) mass is 441 g/mol. The maximum absolute atomic E-state index is 12.8. The van der Waals surface area contributed by atoms with E-state index >= 15 is 0 Å². The van der Waals surface area contributed by atoms with Gasteiger partial charge >= 0.3 is 0 Å². The molecule has 1 N–H and O–H groups in total. The second-order valence-electron chi connectivity index (χ2n) is 7.41. The molecule has 0 unspecified atom stereocenters. The Kier molecular flexibility index (Phi) is 6.24. The van der Waals surface area contributed by atoms with Gasteiger partial charge in [0, 0.05) is 28.0 Å². The van der Waals surface area contributed by atoms with Gasteiger partial charge < -0.3 is 9.32 Å². The molecule has 8 heteroatoms. The lowest BCUT2D eigenvalue weighted by atomic mass is 10.1. The van der Waals surface area contributed by atoms with Crippen LogP contribution in [0.4, 0.5) is 5.13 Å². The van der Waals surface area contributed by atoms with Crippen LogP contribution in [-0.2, 0) is 24.2 Å². The molecular formula is C22H23N3O3S2. The number of benzene rings is 1. The number of carbonyl (C=O) groups is 2. The van der Waals surface area contributed by atoms with Crippen LogP contribution in [0, 0.1) is 0 Å². The summed E-state index contributed by atoms with van der Waals surface area (Å²) in [5.41, 5.74) is 2.44. The molecule has 0 radical (unpaired) electrons. The fourth-order valence-corrected chi connectivity index (χ4v) is 5.13. The predicted octanol–water partition coefficient (Wildman–Crippen LogP) is 4.62. The van der Waals surface area contributed by atoms with Crippen LogP contribution in [0.25, 0.3) is 0 Å². The molecule has 0 aliphatic carbocycles. The molecule has 2 amide bonds. The zero-order valence-corrected chi connectivity index (χ0v) is 18.5. The van der Waals surface area contributed by atoms with Crippen LogP contribution in [0.15, 0.2) is 52.2 Å². The maximum atomic E-state index is 12.8. The first-order valence-corrected chi connectivity index (χ1v) is 11.5. The number of hydrogen-bond donors (Lipinski definition) is 1. The van der Waals surface area contributed by atoms with E-state index in [1.165, 1.54) is 28.8 Å². The Labute approximate surface area is 183 Å². The lowest BCUT2D eigenvalue weighted by Gasteiger charge is -2.26. The molecule has 4 rings (SSSR count). The van der Waals surface area contributed by atoms with Crippen LogP contribution in [0.3, 0.4) is 0 Å². The van der Waals surface area contributed by atoms with E-state index < -0.39 is 0 Å². The van der Waals surface area contributed by atoms with Crippen molar-refractivity contribution in [2.75, 3.05) is 11.9 Å². The van der Waals surface area contributed by atoms with Crippen molar-refractivity contribution in [1.29, 1.82) is 0 Å². The average Bonchev–Trinajstić information content (AvgIpc) is 3.37. The van der Waals surface area contributed by atoms with E-state index in [9.17, 15) is 9.59 Å². The van der Waals surface area contributed by atoms with E-state index in [4.69, 9.17) is 4.42 Å². The van der Waals surface area contributed by atoms with Crippen molar-refractivity contribution in [3.8, 4) is 0 Å². The summed E-state index contributed by atoms with van der Waals surface area (Å²) in [6.07, 6.45) is 3.95. The summed E-state index contributed by atoms with van der Waals surface area (Å²) in [6.45, 7) is 5.52. The lowest BCUT2D eigenvalue weighted by molar-refractivity contribution is -0.131. The zero-order chi connectivity index (χ0) is 21.1. The van der Waals surface area contributed by atoms with E-state index in [2.05, 4.69) is 36.3 Å². The summed E-state index contributed by atoms with van der Waals surface area (Å²) >= 11 is 3.24. The third kappa shape index (κ3) is 4.94. The molecule has 1 aliphatic heterocycles. The average molecular weight is 442 g/mol. The van der Waals surface area contributed by atoms with Crippen LogP contribution in [-0.4, -0.2) is 33.5 Å². The van der Waals surface area contributed by atoms with Crippen LogP contribution in [0.2, 0.25) is 0 Å². The highest BCUT2D eigenvalue weighted by Gasteiger charge is 2.25. The summed E-state index contributed by atoms with van der Waals surface area (Å²) in [6, 6.07) is 9.85. The molecule has 1 aliphatic rings. The number of amides is 2. The third-order valence-electron chi connectivity index (χ3n) is 4.74. The first-order valence-electron chi connectivity index (χ1n) is 9.83. The third-order valence-corrected chi connectivity index (χ3v) is 6.75. The highest BCUT2D eigenvalue weighted by molar-refractivity contribution is 7.99. The molecular weight excluding hydrogens is 418 g/mol. The lowest BCUT2D eigenvalue weighted by Crippen LogP contribution is -2.36. The van der Waals surface area contributed by atoms with Crippen LogP contribution in [0.5, 0.6) is 0 Å². The van der Waals surface area contributed by atoms with Gasteiger partial charge in [0.15, 0.2) is 5.13 Å². The van der Waals surface area contributed by atoms with Crippen molar-refractivity contribution in [1.82, 2.24) is 9.88 Å². The van der Waals surface area contributed by atoms with E-state index in [-0.39, 0.29) is 11.8 Å². The quantitative estimate of drug-likeness (QED) is 0.565. The van der Waals surface area contributed by atoms with Gasteiger partial charge in [-0.25, -0.2) is 4.98 Å². The largest absolute Gasteiger partial charge is 0.472 e. The van der Waals surface area contributed by atoms with Crippen molar-refractivity contribution in [3.05, 3.63) is 64.6 Å². The van der Waals surface area contributed by atoms with Crippen molar-refractivity contribution >= 4 is 40.0 Å². The summed E-state index contributed by atoms with van der Waals surface area (Å²) in [7, 11) is 0. The van der Waals surface area contributed by atoms with Gasteiger partial charge in [-0.15, -0.1) is 11.8 Å². The number of nitrogens with one attached hydrogen (secondary N) is 1. The normalized spacial score (nSPS) is 13.4. The minimum Gasteiger partial charge on any atom is -0.472 e. The Bertz CT molecular complexity index is 1030. The Morgan fingerprint density at radius 1 is 1.27 bits per heavy atom. The van der Waals surface area contributed by atoms with Gasteiger partial charge in [-0.2, -0.15) is 0 Å². The van der Waals surface area contributed by atoms with Crippen molar-refractivity contribution in [2.45, 2.75) is 43.4 Å². The van der Waals surface area contributed by atoms with Crippen molar-refractivity contribution < 1.29 is 14.0 Å². The standard InChI is InChI=1S/C22H23N3O3S2/c1-14(2)29-17-5-3-15(4-6-17)11-20(26)25-9-7-18-19(12-25)30-22(23-18)24-21(27)16-8-10-28-13-16/h3-6,8,10,13-14H,7,9,11-12H2,1-2H3,(H,23,24,27). The molecule has 30 heavy (non-hydrogen) atoms. The molecule has 6 nitrogen and oxygen atoms in total. The first kappa shape index (κ1) is 20.7. The Morgan fingerprint density at radius 3 is 2.77 bits per heavy atom. The maximum Gasteiger partial charge on any atom is 0.260 e. The summed E-state index contributed by atoms with van der Waals surface area (Å²) in [4.78, 5) is 33.6. The van der Waals surface area contributed by atoms with E-state index in [1.807, 2.05) is 28.8 Å². The van der Waals surface area contributed by atoms with E-state index in [0.29, 0.717) is 41.9 Å². The predicted molar refractivity (Wildman–Crippen MR) is 119 cm³/mol. The second-order valence-corrected chi connectivity index (χ2v) is 10.1. The molecule has 3 aromatic rings. The van der Waals surface area contributed by atoms with Gasteiger partial charge in [0.25, 0.3) is 5.91 Å². The van der Waals surface area contributed by atoms with Crippen molar-refractivity contribution in [2.24, 2.45) is 0 Å². The minimum atomic E-state index is -0.248. The van der Waals surface area contributed by atoms with Gasteiger partial charge in [-0.1, -0.05) is 37.3 Å². The SMILES string of the molecule is CC(C)Sc1ccc(CC(=O)N2CCc3nc(NC(=O)c4ccoc4)sc3C2)cc1. The number of furan rings is 1.